The van der Waals surface area contributed by atoms with E-state index >= 15 is 0 Å². The maximum Gasteiger partial charge on any atom is 0.254 e. The van der Waals surface area contributed by atoms with Crippen LogP contribution in [0, 0.1) is 0 Å². The number of aromatic nitrogens is 1. The van der Waals surface area contributed by atoms with Crippen LogP contribution in [0.1, 0.15) is 130 Å². The van der Waals surface area contributed by atoms with Gasteiger partial charge in [0.1, 0.15) is 0 Å². The first-order chi connectivity index (χ1) is 39.9. The van der Waals surface area contributed by atoms with Gasteiger partial charge >= 0.3 is 0 Å². The zero-order valence-corrected chi connectivity index (χ0v) is 52.1. The fraction of sp³-hybridized carbons (Fsp3) is 0.241. The highest BCUT2D eigenvalue weighted by Crippen LogP contribution is 2.54. The Morgan fingerprint density at radius 3 is 1.52 bits per heavy atom. The van der Waals surface area contributed by atoms with E-state index in [4.69, 9.17) is 0 Å². The zero-order chi connectivity index (χ0) is 58.3. The van der Waals surface area contributed by atoms with E-state index in [1.807, 2.05) is 11.3 Å². The Bertz CT molecular complexity index is 4710. The van der Waals surface area contributed by atoms with Crippen molar-refractivity contribution in [3.8, 4) is 27.9 Å². The molecule has 1 aliphatic carbocycles. The van der Waals surface area contributed by atoms with Gasteiger partial charge in [-0.15, -0.1) is 11.3 Å². The first-order valence-corrected chi connectivity index (χ1v) is 31.2. The molecular weight excluding hydrogens is 1030 g/mol. The van der Waals surface area contributed by atoms with Gasteiger partial charge in [-0.1, -0.05) is 218 Å². The smallest absolute Gasteiger partial charge is 0.254 e. The SMILES string of the molecule is CC(C)(C)c1ccc(-c2cc3c4c(c2)N(c2ccc(C(C)(C)C)cc2)c2cc(-n5c6ccccc6c6cc7c(cc65)-c5ccccc5C7(C)C)c5c(sc6ccccc65)c2B4c2cc(C(C)(C)C)ccc2N3c2ccc(C(C)(C)C)cc2)cc1. The number of rotatable bonds is 4. The largest absolute Gasteiger partial charge is 0.311 e. The van der Waals surface area contributed by atoms with Gasteiger partial charge in [0.15, 0.2) is 0 Å². The molecule has 5 heteroatoms. The number of hydrogen-bond donors (Lipinski definition) is 0. The standard InChI is InChI=1S/C79H74BN3S/c1-75(2,3)49-29-27-47(28-30-49)48-41-67-72-68(42-48)82(54-38-33-51(34-39-54)77(7,8)9)69-46-66(83-63-25-19-16-22-56(63)59-44-61-58(45-65(59)83)55-21-15-18-24-60(55)79(61,13)14)71-57-23-17-20-26-70(57)84-74(71)73(69)80(72)62-43-52(78(10,11)12)35-40-64(62)81(67)53-36-31-50(32-37-53)76(4,5)6/h15-46H,1-14H3. The van der Waals surface area contributed by atoms with Gasteiger partial charge in [-0.2, -0.15) is 0 Å². The lowest BCUT2D eigenvalue weighted by Gasteiger charge is -2.45. The van der Waals surface area contributed by atoms with E-state index in [1.54, 1.807) is 0 Å². The molecule has 0 amide bonds. The summed E-state index contributed by atoms with van der Waals surface area (Å²) in [6, 6.07) is 76.1. The van der Waals surface area contributed by atoms with Crippen molar-refractivity contribution in [2.24, 2.45) is 0 Å². The third-order valence-electron chi connectivity index (χ3n) is 19.2. The predicted molar refractivity (Wildman–Crippen MR) is 365 cm³/mol. The number of para-hydroxylation sites is 1. The quantitative estimate of drug-likeness (QED) is 0.163. The molecule has 0 saturated heterocycles. The molecule has 0 bridgehead atoms. The highest BCUT2D eigenvalue weighted by atomic mass is 32.1. The summed E-state index contributed by atoms with van der Waals surface area (Å²) in [4.78, 5) is 5.27. The van der Waals surface area contributed by atoms with Crippen LogP contribution in [0.25, 0.3) is 69.9 Å². The van der Waals surface area contributed by atoms with E-state index in [0.29, 0.717) is 0 Å². The second kappa shape index (κ2) is 18.0. The van der Waals surface area contributed by atoms with E-state index < -0.39 is 0 Å². The third kappa shape index (κ3) is 7.83. The zero-order valence-electron chi connectivity index (χ0n) is 51.3. The molecule has 414 valence electrons. The summed E-state index contributed by atoms with van der Waals surface area (Å²) in [5.41, 5.74) is 27.7. The van der Waals surface area contributed by atoms with Gasteiger partial charge in [-0.05, 0) is 166 Å². The number of hydrogen-bond acceptors (Lipinski definition) is 3. The van der Waals surface area contributed by atoms with E-state index in [9.17, 15) is 0 Å². The van der Waals surface area contributed by atoms with Gasteiger partial charge in [0.25, 0.3) is 6.71 Å². The summed E-state index contributed by atoms with van der Waals surface area (Å²) >= 11 is 1.97. The lowest BCUT2D eigenvalue weighted by molar-refractivity contribution is 0.590. The molecule has 0 fully saturated rings. The third-order valence-corrected chi connectivity index (χ3v) is 20.4. The van der Waals surface area contributed by atoms with Crippen LogP contribution in [0.15, 0.2) is 194 Å². The van der Waals surface area contributed by atoms with Gasteiger partial charge in [0.05, 0.1) is 16.7 Å². The Hall–Kier alpha value is -8.12. The Labute approximate surface area is 501 Å². The first-order valence-electron chi connectivity index (χ1n) is 30.4. The summed E-state index contributed by atoms with van der Waals surface area (Å²) < 4.78 is 5.27. The van der Waals surface area contributed by atoms with E-state index in [-0.39, 0.29) is 33.8 Å². The van der Waals surface area contributed by atoms with Crippen LogP contribution in [0.2, 0.25) is 0 Å². The second-order valence-corrected chi connectivity index (χ2v) is 30.1. The van der Waals surface area contributed by atoms with Crippen LogP contribution in [-0.2, 0) is 27.1 Å². The van der Waals surface area contributed by atoms with E-state index in [0.717, 1.165) is 11.4 Å². The number of benzene rings is 10. The van der Waals surface area contributed by atoms with E-state index in [2.05, 4.69) is 305 Å². The highest BCUT2D eigenvalue weighted by Gasteiger charge is 2.46. The summed E-state index contributed by atoms with van der Waals surface area (Å²) in [6.07, 6.45) is 0. The molecule has 0 saturated carbocycles. The van der Waals surface area contributed by atoms with Crippen molar-refractivity contribution in [1.29, 1.82) is 0 Å². The summed E-state index contributed by atoms with van der Waals surface area (Å²) in [6.45, 7) is 32.6. The predicted octanol–water partition coefficient (Wildman–Crippen LogP) is 20.4. The van der Waals surface area contributed by atoms with Crippen molar-refractivity contribution in [1.82, 2.24) is 4.57 Å². The molecule has 12 aromatic rings. The van der Waals surface area contributed by atoms with Gasteiger partial charge in [0, 0.05) is 70.5 Å². The molecule has 2 aliphatic heterocycles. The Kier molecular flexibility index (Phi) is 11.3. The lowest BCUT2D eigenvalue weighted by atomic mass is 9.33. The van der Waals surface area contributed by atoms with E-state index in [1.165, 1.54) is 142 Å². The number of nitrogens with zero attached hydrogens (tertiary/aromatic N) is 3. The fourth-order valence-electron chi connectivity index (χ4n) is 14.5. The first kappa shape index (κ1) is 52.7. The molecule has 84 heavy (non-hydrogen) atoms. The van der Waals surface area contributed by atoms with Crippen molar-refractivity contribution in [2.75, 3.05) is 9.80 Å². The fourth-order valence-corrected chi connectivity index (χ4v) is 15.8. The average Bonchev–Trinajstić information content (AvgIpc) is 1.43. The van der Waals surface area contributed by atoms with Crippen LogP contribution in [0.4, 0.5) is 34.1 Å². The molecule has 4 heterocycles. The molecule has 3 nitrogen and oxygen atoms in total. The highest BCUT2D eigenvalue weighted by molar-refractivity contribution is 7.28. The van der Waals surface area contributed by atoms with Crippen molar-refractivity contribution < 1.29 is 0 Å². The minimum Gasteiger partial charge on any atom is -0.311 e. The molecule has 0 spiro atoms. The Morgan fingerprint density at radius 2 is 0.905 bits per heavy atom. The normalized spacial score (nSPS) is 14.6. The summed E-state index contributed by atoms with van der Waals surface area (Å²) in [5, 5.41) is 5.14. The molecule has 15 rings (SSSR count). The monoisotopic (exact) mass is 1110 g/mol. The molecule has 0 unspecified atom stereocenters. The van der Waals surface area contributed by atoms with Gasteiger partial charge < -0.3 is 14.4 Å². The number of fused-ring (bicyclic) bond motifs is 14. The maximum absolute atomic E-state index is 2.67. The Morgan fingerprint density at radius 1 is 0.381 bits per heavy atom. The van der Waals surface area contributed by atoms with Crippen molar-refractivity contribution >= 4 is 111 Å². The minimum atomic E-state index is -0.136. The minimum absolute atomic E-state index is 0.00611. The molecule has 0 atom stereocenters. The average molecular weight is 1110 g/mol. The number of thiophene rings is 1. The van der Waals surface area contributed by atoms with Crippen LogP contribution in [0.3, 0.4) is 0 Å². The second-order valence-electron chi connectivity index (χ2n) is 29.0. The van der Waals surface area contributed by atoms with Crippen LogP contribution >= 0.6 is 11.3 Å². The topological polar surface area (TPSA) is 11.4 Å². The van der Waals surface area contributed by atoms with Crippen molar-refractivity contribution in [3.05, 3.63) is 228 Å². The van der Waals surface area contributed by atoms with Crippen LogP contribution < -0.4 is 26.2 Å². The molecule has 0 N–H and O–H groups in total. The summed E-state index contributed by atoms with van der Waals surface area (Å²) in [5.74, 6) is 0. The number of anilines is 6. The maximum atomic E-state index is 2.67. The van der Waals surface area contributed by atoms with Gasteiger partial charge in [-0.3, -0.25) is 0 Å². The summed E-state index contributed by atoms with van der Waals surface area (Å²) in [7, 11) is 0. The molecular formula is C79H74BN3S. The molecule has 2 aromatic heterocycles. The van der Waals surface area contributed by atoms with Crippen molar-refractivity contribution in [3.63, 3.8) is 0 Å². The lowest BCUT2D eigenvalue weighted by Crippen LogP contribution is -2.61. The Balaban J connectivity index is 1.11. The van der Waals surface area contributed by atoms with Crippen LogP contribution in [-0.4, -0.2) is 11.3 Å². The molecule has 10 aromatic carbocycles. The van der Waals surface area contributed by atoms with Gasteiger partial charge in [-0.25, -0.2) is 0 Å². The van der Waals surface area contributed by atoms with Crippen molar-refractivity contribution in [2.45, 2.75) is 124 Å². The molecule has 0 radical (unpaired) electrons. The van der Waals surface area contributed by atoms with Gasteiger partial charge in [0.2, 0.25) is 0 Å². The van der Waals surface area contributed by atoms with Crippen LogP contribution in [0.5, 0.6) is 0 Å². The molecule has 3 aliphatic rings.